The van der Waals surface area contributed by atoms with Gasteiger partial charge in [-0.1, -0.05) is 38.1 Å². The number of nitrogens with zero attached hydrogens (tertiary/aromatic N) is 2. The predicted octanol–water partition coefficient (Wildman–Crippen LogP) is 1.21. The van der Waals surface area contributed by atoms with Gasteiger partial charge in [0.05, 0.1) is 17.8 Å². The van der Waals surface area contributed by atoms with Crippen molar-refractivity contribution in [2.24, 2.45) is 11.7 Å². The molecule has 2 aromatic rings. The summed E-state index contributed by atoms with van der Waals surface area (Å²) in [5.41, 5.74) is 8.60. The lowest BCUT2D eigenvalue weighted by Gasteiger charge is -2.27. The number of amides is 2. The number of aliphatic hydroxyl groups excluding tert-OH is 1. The normalized spacial score (nSPS) is 20.1. The molecule has 0 bridgehead atoms. The third-order valence-corrected chi connectivity index (χ3v) is 5.30. The van der Waals surface area contributed by atoms with E-state index < -0.39 is 18.2 Å². The summed E-state index contributed by atoms with van der Waals surface area (Å²) >= 11 is 0. The number of β-amino-alcohol motifs (C(OH)–C–C–N with tert-alkyl or cyclic N) is 1. The fourth-order valence-corrected chi connectivity index (χ4v) is 3.44. The zero-order valence-electron chi connectivity index (χ0n) is 17.0. The zero-order valence-corrected chi connectivity index (χ0v) is 17.0. The molecule has 3 rings (SSSR count). The summed E-state index contributed by atoms with van der Waals surface area (Å²) in [7, 11) is 0. The molecule has 0 saturated carbocycles. The number of rotatable bonds is 6. The number of likely N-dealkylation sites (tertiary alicyclic amines) is 1. The number of hydrogen-bond donors (Lipinski definition) is 3. The van der Waals surface area contributed by atoms with Crippen molar-refractivity contribution in [1.82, 2.24) is 15.2 Å². The summed E-state index contributed by atoms with van der Waals surface area (Å²) in [5.74, 6) is 0.0798. The molecule has 2 heterocycles. The molecule has 8 heteroatoms. The number of carbonyl (C=O) groups is 2. The molecule has 1 fully saturated rings. The van der Waals surface area contributed by atoms with Gasteiger partial charge in [-0.05, 0) is 18.4 Å². The number of carbonyl (C=O) groups excluding carboxylic acids is 2. The molecule has 4 N–H and O–H groups in total. The molecule has 1 aromatic carbocycles. The molecule has 29 heavy (non-hydrogen) atoms. The molecule has 1 unspecified atom stereocenters. The Morgan fingerprint density at radius 3 is 2.62 bits per heavy atom. The number of oxazole rings is 1. The van der Waals surface area contributed by atoms with Gasteiger partial charge in [0.15, 0.2) is 12.2 Å². The SMILES string of the molecule is Cc1ncoc1-c1ccc(CNC(=O)[C@@H]2C[C@@H](O)CN2C(=O)C(N)C(C)C)cc1. The average molecular weight is 400 g/mol. The van der Waals surface area contributed by atoms with Crippen LogP contribution in [0.15, 0.2) is 35.1 Å². The quantitative estimate of drug-likeness (QED) is 0.670. The lowest BCUT2D eigenvalue weighted by molar-refractivity contribution is -0.140. The molecule has 156 valence electrons. The minimum Gasteiger partial charge on any atom is -0.443 e. The third-order valence-electron chi connectivity index (χ3n) is 5.30. The van der Waals surface area contributed by atoms with E-state index in [0.29, 0.717) is 6.54 Å². The van der Waals surface area contributed by atoms with Gasteiger partial charge in [0.2, 0.25) is 11.8 Å². The van der Waals surface area contributed by atoms with Crippen molar-refractivity contribution in [2.45, 2.75) is 51.9 Å². The third kappa shape index (κ3) is 4.65. The van der Waals surface area contributed by atoms with Crippen LogP contribution in [0.2, 0.25) is 0 Å². The molecule has 8 nitrogen and oxygen atoms in total. The van der Waals surface area contributed by atoms with E-state index in [2.05, 4.69) is 10.3 Å². The van der Waals surface area contributed by atoms with Crippen molar-refractivity contribution >= 4 is 11.8 Å². The number of aliphatic hydroxyl groups is 1. The smallest absolute Gasteiger partial charge is 0.243 e. The molecule has 0 aliphatic carbocycles. The van der Waals surface area contributed by atoms with E-state index in [1.807, 2.05) is 45.0 Å². The van der Waals surface area contributed by atoms with Gasteiger partial charge in [0.25, 0.3) is 0 Å². The van der Waals surface area contributed by atoms with Crippen LogP contribution in [-0.4, -0.2) is 51.5 Å². The van der Waals surface area contributed by atoms with Gasteiger partial charge in [-0.2, -0.15) is 0 Å². The van der Waals surface area contributed by atoms with Crippen LogP contribution >= 0.6 is 0 Å². The fraction of sp³-hybridized carbons (Fsp3) is 0.476. The number of nitrogens with two attached hydrogens (primary N) is 1. The van der Waals surface area contributed by atoms with E-state index in [1.54, 1.807) is 0 Å². The van der Waals surface area contributed by atoms with E-state index in [1.165, 1.54) is 11.3 Å². The predicted molar refractivity (Wildman–Crippen MR) is 107 cm³/mol. The van der Waals surface area contributed by atoms with Crippen LogP contribution in [0.5, 0.6) is 0 Å². The number of nitrogens with one attached hydrogen (secondary N) is 1. The second kappa shape index (κ2) is 8.75. The molecule has 1 saturated heterocycles. The average Bonchev–Trinajstić information content (AvgIpc) is 3.30. The van der Waals surface area contributed by atoms with E-state index in [0.717, 1.165) is 22.6 Å². The van der Waals surface area contributed by atoms with Crippen molar-refractivity contribution < 1.29 is 19.1 Å². The first kappa shape index (κ1) is 21.0. The van der Waals surface area contributed by atoms with Crippen molar-refractivity contribution in [1.29, 1.82) is 0 Å². The minimum absolute atomic E-state index is 0.0459. The Labute approximate surface area is 170 Å². The van der Waals surface area contributed by atoms with E-state index in [-0.39, 0.29) is 30.7 Å². The summed E-state index contributed by atoms with van der Waals surface area (Å²) in [6.45, 7) is 6.03. The maximum atomic E-state index is 12.7. The maximum absolute atomic E-state index is 12.7. The van der Waals surface area contributed by atoms with E-state index >= 15 is 0 Å². The molecular weight excluding hydrogens is 372 g/mol. The number of aryl methyl sites for hydroxylation is 1. The van der Waals surface area contributed by atoms with Crippen molar-refractivity contribution in [3.63, 3.8) is 0 Å². The summed E-state index contributed by atoms with van der Waals surface area (Å²) in [6, 6.07) is 6.22. The number of aromatic nitrogens is 1. The highest BCUT2D eigenvalue weighted by Crippen LogP contribution is 2.23. The Balaban J connectivity index is 1.62. The van der Waals surface area contributed by atoms with Gasteiger partial charge in [-0.3, -0.25) is 9.59 Å². The Morgan fingerprint density at radius 2 is 2.03 bits per heavy atom. The second-order valence-corrected chi connectivity index (χ2v) is 7.85. The van der Waals surface area contributed by atoms with Crippen molar-refractivity contribution in [3.8, 4) is 11.3 Å². The lowest BCUT2D eigenvalue weighted by atomic mass is 10.0. The van der Waals surface area contributed by atoms with Gasteiger partial charge in [-0.15, -0.1) is 0 Å². The molecule has 1 aliphatic heterocycles. The van der Waals surface area contributed by atoms with E-state index in [9.17, 15) is 14.7 Å². The minimum atomic E-state index is -0.724. The summed E-state index contributed by atoms with van der Waals surface area (Å²) in [5, 5.41) is 12.8. The van der Waals surface area contributed by atoms with Crippen molar-refractivity contribution in [2.75, 3.05) is 6.54 Å². The first-order valence-corrected chi connectivity index (χ1v) is 9.79. The van der Waals surface area contributed by atoms with E-state index in [4.69, 9.17) is 10.2 Å². The molecular formula is C21H28N4O4. The van der Waals surface area contributed by atoms with Gasteiger partial charge >= 0.3 is 0 Å². The molecule has 2 amide bonds. The number of hydrogen-bond acceptors (Lipinski definition) is 6. The van der Waals surface area contributed by atoms with Crippen LogP contribution in [0.1, 0.15) is 31.5 Å². The Morgan fingerprint density at radius 1 is 1.34 bits per heavy atom. The molecule has 1 aromatic heterocycles. The van der Waals surface area contributed by atoms with Crippen LogP contribution < -0.4 is 11.1 Å². The van der Waals surface area contributed by atoms with Crippen LogP contribution in [0, 0.1) is 12.8 Å². The molecule has 3 atom stereocenters. The van der Waals surface area contributed by atoms with Crippen LogP contribution in [0.4, 0.5) is 0 Å². The lowest BCUT2D eigenvalue weighted by Crippen LogP contribution is -2.52. The summed E-state index contributed by atoms with van der Waals surface area (Å²) < 4.78 is 5.38. The Bertz CT molecular complexity index is 862. The van der Waals surface area contributed by atoms with Crippen molar-refractivity contribution in [3.05, 3.63) is 41.9 Å². The first-order valence-electron chi connectivity index (χ1n) is 9.79. The van der Waals surface area contributed by atoms with Crippen LogP contribution in [0.25, 0.3) is 11.3 Å². The first-order chi connectivity index (χ1) is 13.8. The highest BCUT2D eigenvalue weighted by Gasteiger charge is 2.40. The van der Waals surface area contributed by atoms with Crippen LogP contribution in [-0.2, 0) is 16.1 Å². The summed E-state index contributed by atoms with van der Waals surface area (Å²) in [6.07, 6.45) is 0.901. The monoisotopic (exact) mass is 400 g/mol. The second-order valence-electron chi connectivity index (χ2n) is 7.85. The summed E-state index contributed by atoms with van der Waals surface area (Å²) in [4.78, 5) is 30.8. The fourth-order valence-electron chi connectivity index (χ4n) is 3.44. The highest BCUT2D eigenvalue weighted by atomic mass is 16.3. The van der Waals surface area contributed by atoms with Gasteiger partial charge in [0.1, 0.15) is 6.04 Å². The van der Waals surface area contributed by atoms with Gasteiger partial charge < -0.3 is 25.5 Å². The largest absolute Gasteiger partial charge is 0.443 e. The highest BCUT2D eigenvalue weighted by molar-refractivity contribution is 5.90. The Hall–Kier alpha value is -2.71. The molecule has 1 aliphatic rings. The Kier molecular flexibility index (Phi) is 6.34. The van der Waals surface area contributed by atoms with Gasteiger partial charge in [0, 0.05) is 25.1 Å². The standard InChI is InChI=1S/C21H28N4O4/c1-12(2)18(22)21(28)25-10-16(26)8-17(25)20(27)23-9-14-4-6-15(7-5-14)19-13(3)24-11-29-19/h4-7,11-12,16-18,26H,8-10,22H2,1-3H3,(H,23,27)/t16-,17+,18?/m1/s1. The molecule has 0 radical (unpaired) electrons. The van der Waals surface area contributed by atoms with Gasteiger partial charge in [-0.25, -0.2) is 4.98 Å². The number of benzene rings is 1. The maximum Gasteiger partial charge on any atom is 0.243 e. The molecule has 0 spiro atoms. The zero-order chi connectivity index (χ0) is 21.1. The van der Waals surface area contributed by atoms with Crippen LogP contribution in [0.3, 0.4) is 0 Å². The topological polar surface area (TPSA) is 122 Å².